The van der Waals surface area contributed by atoms with E-state index in [0.717, 1.165) is 27.3 Å². The van der Waals surface area contributed by atoms with Gasteiger partial charge in [0, 0.05) is 11.3 Å². The second kappa shape index (κ2) is 10.1. The van der Waals surface area contributed by atoms with Crippen molar-refractivity contribution in [2.45, 2.75) is 10.8 Å². The van der Waals surface area contributed by atoms with Crippen molar-refractivity contribution in [3.05, 3.63) is 95.4 Å². The normalized spacial score (nSPS) is 11.2. The van der Waals surface area contributed by atoms with Crippen molar-refractivity contribution in [2.24, 2.45) is 0 Å². The average Bonchev–Trinajstić information content (AvgIpc) is 3.34. The molecule has 0 bridgehead atoms. The van der Waals surface area contributed by atoms with Crippen molar-refractivity contribution in [3.8, 4) is 27.8 Å². The molecule has 32 heavy (non-hydrogen) atoms. The zero-order valence-electron chi connectivity index (χ0n) is 17.1. The van der Waals surface area contributed by atoms with Crippen LogP contribution in [-0.4, -0.2) is 24.9 Å². The van der Waals surface area contributed by atoms with Crippen LogP contribution in [0.15, 0.2) is 89.3 Å². The highest BCUT2D eigenvalue weighted by molar-refractivity contribution is 8.00. The highest BCUT2D eigenvalue weighted by Crippen LogP contribution is 2.35. The van der Waals surface area contributed by atoms with Gasteiger partial charge in [0.15, 0.2) is 9.84 Å². The first-order valence-electron chi connectivity index (χ1n) is 9.97. The average molecular weight is 477 g/mol. The van der Waals surface area contributed by atoms with Gasteiger partial charge in [-0.25, -0.2) is 13.4 Å². The lowest BCUT2D eigenvalue weighted by Gasteiger charge is -2.12. The second-order valence-electron chi connectivity index (χ2n) is 7.12. The van der Waals surface area contributed by atoms with E-state index in [1.54, 1.807) is 11.3 Å². The highest BCUT2D eigenvalue weighted by atomic mass is 32.2. The molecule has 0 unspecified atom stereocenters. The number of benzene rings is 2. The Labute approximate surface area is 196 Å². The Hall–Kier alpha value is -2.92. The van der Waals surface area contributed by atoms with Crippen LogP contribution < -0.4 is 0 Å². The molecule has 0 N–H and O–H groups in total. The SMILES string of the molecule is N#Cc1c(-c2ccccc2)cc(-c2cccs2)nc1SCCS(=O)(=O)Cc1ccccc1. The van der Waals surface area contributed by atoms with E-state index in [4.69, 9.17) is 4.98 Å². The van der Waals surface area contributed by atoms with E-state index in [-0.39, 0.29) is 11.5 Å². The molecule has 7 heteroatoms. The van der Waals surface area contributed by atoms with Crippen LogP contribution >= 0.6 is 23.1 Å². The summed E-state index contributed by atoms with van der Waals surface area (Å²) in [5.41, 5.74) is 3.78. The molecule has 2 aromatic heterocycles. The number of aromatic nitrogens is 1. The van der Waals surface area contributed by atoms with Crippen LogP contribution in [0.1, 0.15) is 11.1 Å². The van der Waals surface area contributed by atoms with Gasteiger partial charge in [0.05, 0.1) is 27.6 Å². The van der Waals surface area contributed by atoms with Crippen LogP contribution in [0.2, 0.25) is 0 Å². The minimum atomic E-state index is -3.27. The summed E-state index contributed by atoms with van der Waals surface area (Å²) < 4.78 is 25.2. The number of nitrogens with zero attached hydrogens (tertiary/aromatic N) is 2. The van der Waals surface area contributed by atoms with Gasteiger partial charge in [0.2, 0.25) is 0 Å². The van der Waals surface area contributed by atoms with E-state index in [2.05, 4.69) is 6.07 Å². The van der Waals surface area contributed by atoms with E-state index in [1.807, 2.05) is 84.2 Å². The number of thioether (sulfide) groups is 1. The van der Waals surface area contributed by atoms with E-state index in [9.17, 15) is 13.7 Å². The number of sulfone groups is 1. The number of hydrogen-bond acceptors (Lipinski definition) is 6. The van der Waals surface area contributed by atoms with Crippen molar-refractivity contribution >= 4 is 32.9 Å². The summed E-state index contributed by atoms with van der Waals surface area (Å²) in [4.78, 5) is 5.74. The van der Waals surface area contributed by atoms with Crippen molar-refractivity contribution in [2.75, 3.05) is 11.5 Å². The van der Waals surface area contributed by atoms with Gasteiger partial charge in [-0.3, -0.25) is 0 Å². The highest BCUT2D eigenvalue weighted by Gasteiger charge is 2.18. The molecule has 4 aromatic rings. The minimum absolute atomic E-state index is 0.0113. The topological polar surface area (TPSA) is 70.8 Å². The maximum absolute atomic E-state index is 12.6. The quantitative estimate of drug-likeness (QED) is 0.289. The first-order chi connectivity index (χ1) is 15.6. The monoisotopic (exact) mass is 476 g/mol. The Morgan fingerprint density at radius 3 is 2.34 bits per heavy atom. The summed E-state index contributed by atoms with van der Waals surface area (Å²) in [6.45, 7) is 0. The molecule has 160 valence electrons. The second-order valence-corrected chi connectivity index (χ2v) is 11.3. The van der Waals surface area contributed by atoms with Crippen LogP contribution in [0.3, 0.4) is 0 Å². The van der Waals surface area contributed by atoms with Gasteiger partial charge in [-0.15, -0.1) is 23.1 Å². The zero-order valence-corrected chi connectivity index (χ0v) is 19.6. The van der Waals surface area contributed by atoms with Crippen molar-refractivity contribution < 1.29 is 8.42 Å². The molecule has 0 aliphatic carbocycles. The van der Waals surface area contributed by atoms with Crippen LogP contribution in [0.4, 0.5) is 0 Å². The Morgan fingerprint density at radius 2 is 1.69 bits per heavy atom. The first kappa shape index (κ1) is 22.3. The number of nitriles is 1. The van der Waals surface area contributed by atoms with Gasteiger partial charge < -0.3 is 0 Å². The molecule has 2 aromatic carbocycles. The molecule has 0 aliphatic rings. The Kier molecular flexibility index (Phi) is 7.05. The van der Waals surface area contributed by atoms with Crippen molar-refractivity contribution in [1.29, 1.82) is 5.26 Å². The zero-order chi connectivity index (χ0) is 22.4. The molecule has 0 saturated carbocycles. The Bertz CT molecular complexity index is 1330. The lowest BCUT2D eigenvalue weighted by molar-refractivity contribution is 0.597. The van der Waals surface area contributed by atoms with E-state index < -0.39 is 9.84 Å². The van der Waals surface area contributed by atoms with Crippen LogP contribution in [0.25, 0.3) is 21.7 Å². The number of hydrogen-bond donors (Lipinski definition) is 0. The molecule has 4 rings (SSSR count). The minimum Gasteiger partial charge on any atom is -0.239 e. The lowest BCUT2D eigenvalue weighted by atomic mass is 10.0. The molecule has 0 aliphatic heterocycles. The molecule has 0 fully saturated rings. The summed E-state index contributed by atoms with van der Waals surface area (Å²) in [5.74, 6) is 0.361. The van der Waals surface area contributed by atoms with Crippen LogP contribution in [-0.2, 0) is 15.6 Å². The fourth-order valence-corrected chi connectivity index (χ4v) is 6.83. The third kappa shape index (κ3) is 5.46. The predicted molar refractivity (Wildman–Crippen MR) is 132 cm³/mol. The number of thiophene rings is 1. The molecule has 0 amide bonds. The Morgan fingerprint density at radius 1 is 0.969 bits per heavy atom. The third-order valence-corrected chi connectivity index (χ3v) is 8.55. The van der Waals surface area contributed by atoms with Gasteiger partial charge in [-0.05, 0) is 28.6 Å². The number of rotatable bonds is 8. The van der Waals surface area contributed by atoms with Gasteiger partial charge in [0.1, 0.15) is 11.1 Å². The van der Waals surface area contributed by atoms with Crippen molar-refractivity contribution in [3.63, 3.8) is 0 Å². The van der Waals surface area contributed by atoms with E-state index in [0.29, 0.717) is 16.3 Å². The van der Waals surface area contributed by atoms with Gasteiger partial charge in [0.25, 0.3) is 0 Å². The lowest BCUT2D eigenvalue weighted by Crippen LogP contribution is -2.11. The molecule has 2 heterocycles. The van der Waals surface area contributed by atoms with Crippen LogP contribution in [0, 0.1) is 11.3 Å². The maximum Gasteiger partial charge on any atom is 0.155 e. The molecular weight excluding hydrogens is 456 g/mol. The van der Waals surface area contributed by atoms with E-state index in [1.165, 1.54) is 11.8 Å². The number of pyridine rings is 1. The first-order valence-corrected chi connectivity index (χ1v) is 13.7. The molecule has 4 nitrogen and oxygen atoms in total. The summed E-state index contributed by atoms with van der Waals surface area (Å²) in [7, 11) is -3.27. The fourth-order valence-electron chi connectivity index (χ4n) is 3.30. The summed E-state index contributed by atoms with van der Waals surface area (Å²) in [6.07, 6.45) is 0. The summed E-state index contributed by atoms with van der Waals surface area (Å²) in [6, 6.07) is 27.1. The molecule has 0 radical (unpaired) electrons. The fraction of sp³-hybridized carbons (Fsp3) is 0.120. The van der Waals surface area contributed by atoms with Gasteiger partial charge >= 0.3 is 0 Å². The molecule has 0 saturated heterocycles. The molecular formula is C25H20N2O2S3. The predicted octanol–water partition coefficient (Wildman–Crippen LogP) is 6.06. The van der Waals surface area contributed by atoms with Crippen molar-refractivity contribution in [1.82, 2.24) is 4.98 Å². The summed E-state index contributed by atoms with van der Waals surface area (Å²) in [5, 5.41) is 12.5. The molecule has 0 atom stereocenters. The smallest absolute Gasteiger partial charge is 0.155 e. The maximum atomic E-state index is 12.6. The van der Waals surface area contributed by atoms with E-state index >= 15 is 0 Å². The third-order valence-electron chi connectivity index (χ3n) is 4.82. The van der Waals surface area contributed by atoms with Gasteiger partial charge in [-0.2, -0.15) is 5.26 Å². The molecule has 0 spiro atoms. The van der Waals surface area contributed by atoms with Crippen LogP contribution in [0.5, 0.6) is 0 Å². The largest absolute Gasteiger partial charge is 0.239 e. The summed E-state index contributed by atoms with van der Waals surface area (Å²) >= 11 is 2.90. The standard InChI is InChI=1S/C25H20N2O2S3/c26-17-22-21(20-10-5-2-6-11-20)16-23(24-12-7-13-30-24)27-25(22)31-14-15-32(28,29)18-19-8-3-1-4-9-19/h1-13,16H,14-15,18H2. The van der Waals surface area contributed by atoms with Gasteiger partial charge in [-0.1, -0.05) is 66.7 Å². The Balaban J connectivity index is 1.61.